The van der Waals surface area contributed by atoms with Gasteiger partial charge in [0, 0.05) is 25.7 Å². The second kappa shape index (κ2) is 12.7. The fourth-order valence-corrected chi connectivity index (χ4v) is 2.98. The summed E-state index contributed by atoms with van der Waals surface area (Å²) in [6.07, 6.45) is 1.28. The van der Waals surface area contributed by atoms with Gasteiger partial charge in [0.1, 0.15) is 0 Å². The van der Waals surface area contributed by atoms with Crippen molar-refractivity contribution in [1.82, 2.24) is 15.5 Å². The number of piperidine rings is 1. The number of hydrogen-bond donors (Lipinski definition) is 3. The predicted molar refractivity (Wildman–Crippen MR) is 120 cm³/mol. The summed E-state index contributed by atoms with van der Waals surface area (Å²) in [6.45, 7) is 4.13. The van der Waals surface area contributed by atoms with E-state index in [-0.39, 0.29) is 42.0 Å². The highest BCUT2D eigenvalue weighted by Crippen LogP contribution is 2.14. The first-order valence-corrected chi connectivity index (χ1v) is 9.40. The zero-order valence-corrected chi connectivity index (χ0v) is 18.9. The van der Waals surface area contributed by atoms with Gasteiger partial charge in [0.05, 0.1) is 23.7 Å². The van der Waals surface area contributed by atoms with Gasteiger partial charge in [-0.1, -0.05) is 23.7 Å². The van der Waals surface area contributed by atoms with Crippen molar-refractivity contribution in [2.75, 3.05) is 32.8 Å². The molecule has 1 aromatic rings. The fourth-order valence-electron chi connectivity index (χ4n) is 2.76. The highest BCUT2D eigenvalue weighted by Gasteiger charge is 2.23. The zero-order valence-electron chi connectivity index (χ0n) is 15.8. The average Bonchev–Trinajstić information content (AvgIpc) is 2.66. The van der Waals surface area contributed by atoms with Gasteiger partial charge >= 0.3 is 6.09 Å². The largest absolute Gasteiger partial charge is 0.450 e. The van der Waals surface area contributed by atoms with Crippen molar-refractivity contribution in [3.8, 4) is 0 Å². The van der Waals surface area contributed by atoms with Crippen molar-refractivity contribution in [2.24, 2.45) is 10.7 Å². The lowest BCUT2D eigenvalue weighted by Gasteiger charge is -2.31. The SMILES string of the molecule is CCOC(=O)N1CCC(NC(N)=NCCNC(=O)c2ccccc2Cl)CC1.I. The molecule has 2 rings (SSSR count). The maximum absolute atomic E-state index is 12.0. The third-order valence-corrected chi connectivity index (χ3v) is 4.50. The Hall–Kier alpha value is -1.75. The number of carbonyl (C=O) groups is 2. The summed E-state index contributed by atoms with van der Waals surface area (Å²) in [7, 11) is 0. The van der Waals surface area contributed by atoms with Crippen LogP contribution in [0.5, 0.6) is 0 Å². The van der Waals surface area contributed by atoms with Crippen LogP contribution in [0.25, 0.3) is 0 Å². The van der Waals surface area contributed by atoms with Gasteiger partial charge in [0.25, 0.3) is 5.91 Å². The molecular formula is C18H27ClIN5O3. The Labute approximate surface area is 187 Å². The van der Waals surface area contributed by atoms with Crippen LogP contribution >= 0.6 is 35.6 Å². The van der Waals surface area contributed by atoms with Gasteiger partial charge in [-0.05, 0) is 31.9 Å². The van der Waals surface area contributed by atoms with E-state index in [4.69, 9.17) is 22.1 Å². The Balaban J connectivity index is 0.00000392. The van der Waals surface area contributed by atoms with E-state index in [0.717, 1.165) is 12.8 Å². The highest BCUT2D eigenvalue weighted by molar-refractivity contribution is 14.0. The summed E-state index contributed by atoms with van der Waals surface area (Å²) < 4.78 is 5.00. The molecule has 0 saturated carbocycles. The van der Waals surface area contributed by atoms with Crippen LogP contribution in [-0.4, -0.2) is 61.7 Å². The second-order valence-corrected chi connectivity index (χ2v) is 6.51. The number of amides is 2. The maximum Gasteiger partial charge on any atom is 0.409 e. The van der Waals surface area contributed by atoms with Crippen molar-refractivity contribution in [1.29, 1.82) is 0 Å². The smallest absolute Gasteiger partial charge is 0.409 e. The number of benzene rings is 1. The molecule has 0 bridgehead atoms. The van der Waals surface area contributed by atoms with Crippen LogP contribution in [0, 0.1) is 0 Å². The molecule has 1 saturated heterocycles. The molecule has 1 aliphatic heterocycles. The summed E-state index contributed by atoms with van der Waals surface area (Å²) in [4.78, 5) is 29.6. The molecule has 0 aliphatic carbocycles. The van der Waals surface area contributed by atoms with Crippen LogP contribution in [-0.2, 0) is 4.74 Å². The Morgan fingerprint density at radius 2 is 2.00 bits per heavy atom. The maximum atomic E-state index is 12.0. The third-order valence-electron chi connectivity index (χ3n) is 4.17. The minimum absolute atomic E-state index is 0. The molecule has 1 heterocycles. The molecule has 0 aromatic heterocycles. The Bertz CT molecular complexity index is 681. The standard InChI is InChI=1S/C18H26ClN5O3.HI/c1-2-27-18(26)24-11-7-13(8-12-24)23-17(20)22-10-9-21-16(25)14-5-3-4-6-15(14)19;/h3-6,13H,2,7-12H2,1H3,(H,21,25)(H3,20,22,23);1H. The quantitative estimate of drug-likeness (QED) is 0.229. The van der Waals surface area contributed by atoms with Crippen molar-refractivity contribution >= 4 is 53.5 Å². The number of carbonyl (C=O) groups excluding carboxylic acids is 2. The predicted octanol–water partition coefficient (Wildman–Crippen LogP) is 2.21. The number of nitrogens with one attached hydrogen (secondary N) is 2. The molecule has 8 nitrogen and oxygen atoms in total. The van der Waals surface area contributed by atoms with E-state index in [0.29, 0.717) is 49.3 Å². The number of guanidine groups is 1. The molecule has 0 spiro atoms. The molecule has 4 N–H and O–H groups in total. The van der Waals surface area contributed by atoms with Gasteiger partial charge in [-0.3, -0.25) is 9.79 Å². The molecule has 1 aromatic carbocycles. The van der Waals surface area contributed by atoms with Gasteiger partial charge in [0.2, 0.25) is 0 Å². The van der Waals surface area contributed by atoms with E-state index in [1.165, 1.54) is 0 Å². The zero-order chi connectivity index (χ0) is 19.6. The summed E-state index contributed by atoms with van der Waals surface area (Å²) in [5, 5.41) is 6.32. The van der Waals surface area contributed by atoms with Gasteiger partial charge in [-0.2, -0.15) is 0 Å². The molecule has 1 fully saturated rings. The number of hydrogen-bond acceptors (Lipinski definition) is 4. The molecule has 2 amide bonds. The number of ether oxygens (including phenoxy) is 1. The lowest BCUT2D eigenvalue weighted by atomic mass is 10.1. The molecule has 0 atom stereocenters. The number of halogens is 2. The van der Waals surface area contributed by atoms with Crippen molar-refractivity contribution in [3.05, 3.63) is 34.9 Å². The number of rotatable bonds is 6. The normalized spacial score (nSPS) is 14.8. The molecule has 10 heteroatoms. The Morgan fingerprint density at radius 3 is 2.64 bits per heavy atom. The van der Waals surface area contributed by atoms with Crippen molar-refractivity contribution in [3.63, 3.8) is 0 Å². The summed E-state index contributed by atoms with van der Waals surface area (Å²) in [6, 6.07) is 7.03. The van der Waals surface area contributed by atoms with Crippen LogP contribution in [0.3, 0.4) is 0 Å². The molecule has 1 aliphatic rings. The van der Waals surface area contributed by atoms with Crippen molar-refractivity contribution in [2.45, 2.75) is 25.8 Å². The average molecular weight is 524 g/mol. The van der Waals surface area contributed by atoms with Gasteiger partial charge in [0.15, 0.2) is 5.96 Å². The topological polar surface area (TPSA) is 109 Å². The monoisotopic (exact) mass is 523 g/mol. The lowest BCUT2D eigenvalue weighted by Crippen LogP contribution is -2.48. The van der Waals surface area contributed by atoms with Gasteiger partial charge in [-0.15, -0.1) is 24.0 Å². The van der Waals surface area contributed by atoms with Crippen molar-refractivity contribution < 1.29 is 14.3 Å². The molecule has 0 unspecified atom stereocenters. The Morgan fingerprint density at radius 1 is 1.32 bits per heavy atom. The Kier molecular flexibility index (Phi) is 11.0. The molecule has 0 radical (unpaired) electrons. The van der Waals surface area contributed by atoms with E-state index < -0.39 is 0 Å². The summed E-state index contributed by atoms with van der Waals surface area (Å²) in [5.74, 6) is 0.0882. The first-order chi connectivity index (χ1) is 13.0. The van der Waals surface area contributed by atoms with Gasteiger partial charge in [-0.25, -0.2) is 4.79 Å². The fraction of sp³-hybridized carbons (Fsp3) is 0.500. The van der Waals surface area contributed by atoms with E-state index in [2.05, 4.69) is 15.6 Å². The summed E-state index contributed by atoms with van der Waals surface area (Å²) >= 11 is 5.99. The summed E-state index contributed by atoms with van der Waals surface area (Å²) in [5.41, 5.74) is 6.33. The number of nitrogens with zero attached hydrogens (tertiary/aromatic N) is 2. The third kappa shape index (κ3) is 7.70. The minimum Gasteiger partial charge on any atom is -0.450 e. The number of nitrogens with two attached hydrogens (primary N) is 1. The van der Waals surface area contributed by atoms with Crippen LogP contribution in [0.1, 0.15) is 30.1 Å². The lowest BCUT2D eigenvalue weighted by molar-refractivity contribution is 0.0949. The van der Waals surface area contributed by atoms with Crippen LogP contribution in [0.2, 0.25) is 5.02 Å². The highest BCUT2D eigenvalue weighted by atomic mass is 127. The van der Waals surface area contributed by atoms with Crippen LogP contribution in [0.15, 0.2) is 29.3 Å². The molecular weight excluding hydrogens is 497 g/mol. The molecule has 156 valence electrons. The van der Waals surface area contributed by atoms with E-state index in [9.17, 15) is 9.59 Å². The van der Waals surface area contributed by atoms with E-state index in [1.54, 1.807) is 36.1 Å². The number of aliphatic imine (C=N–C) groups is 1. The molecule has 28 heavy (non-hydrogen) atoms. The van der Waals surface area contributed by atoms with E-state index in [1.807, 2.05) is 0 Å². The van der Waals surface area contributed by atoms with Gasteiger partial charge < -0.3 is 26.0 Å². The van der Waals surface area contributed by atoms with E-state index >= 15 is 0 Å². The first-order valence-electron chi connectivity index (χ1n) is 9.02. The minimum atomic E-state index is -0.271. The second-order valence-electron chi connectivity index (χ2n) is 6.11. The first kappa shape index (κ1) is 24.3. The number of likely N-dealkylation sites (tertiary alicyclic amines) is 1. The van der Waals surface area contributed by atoms with Crippen LogP contribution in [0.4, 0.5) is 4.79 Å². The van der Waals surface area contributed by atoms with Crippen LogP contribution < -0.4 is 16.4 Å².